The van der Waals surface area contributed by atoms with Crippen LogP contribution < -0.4 is 4.90 Å². The number of carbonyl (C=O) groups is 2. The van der Waals surface area contributed by atoms with E-state index in [4.69, 9.17) is 9.47 Å². The number of fused-ring (bicyclic) bond motifs is 1. The number of esters is 1. The number of carbonyl (C=O) groups excluding carboxylic acids is 2. The summed E-state index contributed by atoms with van der Waals surface area (Å²) in [6, 6.07) is 0. The molecule has 0 atom stereocenters. The lowest BCUT2D eigenvalue weighted by Crippen LogP contribution is -2.39. The van der Waals surface area contributed by atoms with E-state index in [1.807, 2.05) is 48.5 Å². The monoisotopic (exact) mass is 394 g/mol. The van der Waals surface area contributed by atoms with E-state index in [0.717, 1.165) is 30.9 Å². The maximum absolute atomic E-state index is 12.3. The minimum absolute atomic E-state index is 0.0317. The van der Waals surface area contributed by atoms with Gasteiger partial charge >= 0.3 is 12.1 Å². The van der Waals surface area contributed by atoms with E-state index in [1.54, 1.807) is 4.90 Å². The quantitative estimate of drug-likeness (QED) is 0.706. The minimum atomic E-state index is -0.574. The summed E-state index contributed by atoms with van der Waals surface area (Å²) < 4.78 is 10.2. The highest BCUT2D eigenvalue weighted by Crippen LogP contribution is 2.32. The van der Waals surface area contributed by atoms with Crippen LogP contribution in [-0.4, -0.2) is 52.7 Å². The van der Waals surface area contributed by atoms with Gasteiger partial charge in [0.15, 0.2) is 0 Å². The molecule has 0 N–H and O–H groups in total. The van der Waals surface area contributed by atoms with Crippen LogP contribution in [0.3, 0.4) is 0 Å². The minimum Gasteiger partial charge on any atom is -0.463 e. The predicted octanol–water partition coefficient (Wildman–Crippen LogP) is 3.78. The average molecular weight is 395 g/mol. The van der Waals surface area contributed by atoms with E-state index in [1.165, 1.54) is 7.11 Å². The summed E-state index contributed by atoms with van der Waals surface area (Å²) >= 11 is 0. The van der Waals surface area contributed by atoms with Crippen molar-refractivity contribution >= 4 is 17.9 Å². The Balaban J connectivity index is 0.000000921. The topological polar surface area (TPSA) is 84.9 Å². The van der Waals surface area contributed by atoms with Crippen LogP contribution in [0.2, 0.25) is 0 Å². The van der Waals surface area contributed by atoms with Crippen molar-refractivity contribution < 1.29 is 19.1 Å². The second-order valence-corrected chi connectivity index (χ2v) is 6.96. The number of rotatable bonds is 2. The van der Waals surface area contributed by atoms with Crippen LogP contribution in [0.15, 0.2) is 0 Å². The lowest BCUT2D eigenvalue weighted by atomic mass is 10.1. The fourth-order valence-electron chi connectivity index (χ4n) is 2.67. The lowest BCUT2D eigenvalue weighted by molar-refractivity contribution is 0.0240. The molecular weight excluding hydrogens is 360 g/mol. The number of anilines is 1. The first-order valence-electron chi connectivity index (χ1n) is 9.99. The van der Waals surface area contributed by atoms with E-state index in [9.17, 15) is 9.59 Å². The first kappa shape index (κ1) is 23.7. The average Bonchev–Trinajstić information content (AvgIpc) is 3.06. The van der Waals surface area contributed by atoms with Crippen molar-refractivity contribution in [2.75, 3.05) is 25.1 Å². The van der Waals surface area contributed by atoms with Gasteiger partial charge in [-0.2, -0.15) is 0 Å². The summed E-state index contributed by atoms with van der Waals surface area (Å²) in [4.78, 5) is 36.5. The third kappa shape index (κ3) is 5.56. The smallest absolute Gasteiger partial charge is 0.410 e. The zero-order valence-electron chi connectivity index (χ0n) is 18.5. The van der Waals surface area contributed by atoms with Crippen LogP contribution in [-0.2, 0) is 22.6 Å². The van der Waals surface area contributed by atoms with Gasteiger partial charge in [0, 0.05) is 18.7 Å². The molecule has 158 valence electrons. The molecule has 0 saturated carbocycles. The summed E-state index contributed by atoms with van der Waals surface area (Å²) in [6.45, 7) is 15.9. The number of amides is 1. The second-order valence-electron chi connectivity index (χ2n) is 6.96. The van der Waals surface area contributed by atoms with E-state index in [0.29, 0.717) is 18.8 Å². The number of ether oxygens (including phenoxy) is 2. The Morgan fingerprint density at radius 3 is 2.07 bits per heavy atom. The van der Waals surface area contributed by atoms with Crippen molar-refractivity contribution in [3.05, 3.63) is 17.1 Å². The van der Waals surface area contributed by atoms with Gasteiger partial charge in [-0.25, -0.2) is 19.6 Å². The number of methoxy groups -OCH3 is 1. The molecule has 2 aliphatic rings. The molecule has 0 aliphatic carbocycles. The molecule has 1 saturated heterocycles. The standard InChI is InChI=1S/C16H22N4O4.2C2H6/c1-16(2,3)24-15(22)20-8-10-11(9-20)17-12(14(21)23-4)18-13(10)19-6-5-7-19;2*1-2/h5-9H2,1-4H3;2*1-2H3. The summed E-state index contributed by atoms with van der Waals surface area (Å²) in [5, 5.41) is 0. The Labute approximate surface area is 168 Å². The predicted molar refractivity (Wildman–Crippen MR) is 108 cm³/mol. The first-order chi connectivity index (χ1) is 13.3. The Morgan fingerprint density at radius 2 is 1.61 bits per heavy atom. The summed E-state index contributed by atoms with van der Waals surface area (Å²) in [5.41, 5.74) is 1.00. The van der Waals surface area contributed by atoms with Crippen molar-refractivity contribution in [2.24, 2.45) is 0 Å². The molecule has 1 fully saturated rings. The third-order valence-corrected chi connectivity index (χ3v) is 3.94. The number of hydrogen-bond acceptors (Lipinski definition) is 7. The molecule has 0 spiro atoms. The van der Waals surface area contributed by atoms with Crippen LogP contribution >= 0.6 is 0 Å². The highest BCUT2D eigenvalue weighted by molar-refractivity contribution is 5.86. The van der Waals surface area contributed by atoms with E-state index in [2.05, 4.69) is 14.9 Å². The van der Waals surface area contributed by atoms with Crippen LogP contribution in [0.5, 0.6) is 0 Å². The molecule has 2 aliphatic heterocycles. The third-order valence-electron chi connectivity index (χ3n) is 3.94. The molecule has 1 aromatic rings. The summed E-state index contributed by atoms with van der Waals surface area (Å²) in [6.07, 6.45) is 0.692. The van der Waals surface area contributed by atoms with E-state index < -0.39 is 17.7 Å². The SMILES string of the molecule is CC.CC.COC(=O)c1nc2c(c(N3CCC3)n1)CN(C(=O)OC(C)(C)C)C2. The maximum atomic E-state index is 12.3. The fourth-order valence-corrected chi connectivity index (χ4v) is 2.67. The summed E-state index contributed by atoms with van der Waals surface area (Å²) in [5.74, 6) is 0.178. The van der Waals surface area contributed by atoms with Crippen molar-refractivity contribution in [1.29, 1.82) is 0 Å². The molecule has 8 heteroatoms. The fraction of sp³-hybridized carbons (Fsp3) is 0.700. The lowest BCUT2D eigenvalue weighted by Gasteiger charge is -2.33. The number of aromatic nitrogens is 2. The molecule has 0 bridgehead atoms. The van der Waals surface area contributed by atoms with Crippen molar-refractivity contribution in [3.8, 4) is 0 Å². The number of nitrogens with zero attached hydrogens (tertiary/aromatic N) is 4. The normalized spacial score (nSPS) is 14.6. The molecule has 0 unspecified atom stereocenters. The zero-order valence-corrected chi connectivity index (χ0v) is 18.5. The van der Waals surface area contributed by atoms with Gasteiger partial charge in [0.2, 0.25) is 5.82 Å². The Bertz CT molecular complexity index is 682. The van der Waals surface area contributed by atoms with Gasteiger partial charge in [0.25, 0.3) is 0 Å². The molecule has 28 heavy (non-hydrogen) atoms. The Kier molecular flexibility index (Phi) is 8.65. The first-order valence-corrected chi connectivity index (χ1v) is 9.99. The highest BCUT2D eigenvalue weighted by atomic mass is 16.6. The van der Waals surface area contributed by atoms with Crippen molar-refractivity contribution in [2.45, 2.75) is 73.6 Å². The molecular formula is C20H34N4O4. The van der Waals surface area contributed by atoms with Gasteiger partial charge in [0.05, 0.1) is 25.9 Å². The highest BCUT2D eigenvalue weighted by Gasteiger charge is 2.34. The van der Waals surface area contributed by atoms with E-state index >= 15 is 0 Å². The van der Waals surface area contributed by atoms with Gasteiger partial charge in [-0.3, -0.25) is 4.90 Å². The maximum Gasteiger partial charge on any atom is 0.410 e. The van der Waals surface area contributed by atoms with Crippen LogP contribution in [0.1, 0.15) is 76.8 Å². The molecule has 1 amide bonds. The zero-order chi connectivity index (χ0) is 21.5. The van der Waals surface area contributed by atoms with Crippen molar-refractivity contribution in [1.82, 2.24) is 14.9 Å². The van der Waals surface area contributed by atoms with Gasteiger partial charge in [-0.1, -0.05) is 27.7 Å². The van der Waals surface area contributed by atoms with Crippen molar-refractivity contribution in [3.63, 3.8) is 0 Å². The van der Waals surface area contributed by atoms with Crippen LogP contribution in [0.4, 0.5) is 10.6 Å². The van der Waals surface area contributed by atoms with Gasteiger partial charge in [-0.05, 0) is 27.2 Å². The second kappa shape index (κ2) is 10.2. The molecule has 1 aromatic heterocycles. The number of hydrogen-bond donors (Lipinski definition) is 0. The summed E-state index contributed by atoms with van der Waals surface area (Å²) in [7, 11) is 1.30. The molecule has 8 nitrogen and oxygen atoms in total. The van der Waals surface area contributed by atoms with Gasteiger partial charge in [-0.15, -0.1) is 0 Å². The van der Waals surface area contributed by atoms with E-state index in [-0.39, 0.29) is 5.82 Å². The molecule has 0 radical (unpaired) electrons. The molecule has 0 aromatic carbocycles. The van der Waals surface area contributed by atoms with Crippen LogP contribution in [0.25, 0.3) is 0 Å². The molecule has 3 heterocycles. The largest absolute Gasteiger partial charge is 0.463 e. The Morgan fingerprint density at radius 1 is 1.00 bits per heavy atom. The van der Waals surface area contributed by atoms with Gasteiger partial charge in [0.1, 0.15) is 11.4 Å². The van der Waals surface area contributed by atoms with Gasteiger partial charge < -0.3 is 14.4 Å². The molecule has 3 rings (SSSR count). The Hall–Kier alpha value is -2.38. The van der Waals surface area contributed by atoms with Crippen LogP contribution in [0, 0.1) is 0 Å².